The van der Waals surface area contributed by atoms with Gasteiger partial charge in [-0.25, -0.2) is 9.36 Å². The molecule has 2 fully saturated rings. The molecular weight excluding hydrogens is 590 g/mol. The van der Waals surface area contributed by atoms with Crippen molar-refractivity contribution in [3.8, 4) is 0 Å². The number of rotatable bonds is 11. The fourth-order valence-corrected chi connectivity index (χ4v) is 5.99. The lowest BCUT2D eigenvalue weighted by Crippen LogP contribution is -2.71. The summed E-state index contributed by atoms with van der Waals surface area (Å²) in [5.74, 6) is -4.39. The number of aliphatic carboxylic acids is 2. The summed E-state index contributed by atoms with van der Waals surface area (Å²) in [6.45, 7) is 4.46. The maximum absolute atomic E-state index is 13.2. The largest absolute Gasteiger partial charge is 0.543 e. The fraction of sp³-hybridized carbons (Fsp3) is 0.417. The summed E-state index contributed by atoms with van der Waals surface area (Å²) in [4.78, 5) is 60.0. The van der Waals surface area contributed by atoms with Gasteiger partial charge in [0.1, 0.15) is 11.4 Å². The van der Waals surface area contributed by atoms with Crippen LogP contribution in [0.15, 0.2) is 41.0 Å². The number of nitrogens with one attached hydrogen (secondary N) is 3. The van der Waals surface area contributed by atoms with Crippen molar-refractivity contribution in [1.82, 2.24) is 24.9 Å². The van der Waals surface area contributed by atoms with Gasteiger partial charge in [0.05, 0.1) is 17.7 Å². The molecule has 0 radical (unpaired) electrons. The van der Waals surface area contributed by atoms with Crippen molar-refractivity contribution in [2.45, 2.75) is 43.5 Å². The second-order valence-corrected chi connectivity index (χ2v) is 12.1. The van der Waals surface area contributed by atoms with Crippen LogP contribution in [-0.4, -0.2) is 90.7 Å². The molecule has 2 amide bonds. The van der Waals surface area contributed by atoms with E-state index in [-0.39, 0.29) is 29.0 Å². The van der Waals surface area contributed by atoms with Crippen molar-refractivity contribution in [2.75, 3.05) is 29.9 Å². The molecule has 0 aliphatic carbocycles. The number of pyridine rings is 1. The first-order valence-electron chi connectivity index (χ1n) is 12.7. The van der Waals surface area contributed by atoms with Crippen LogP contribution in [0.4, 0.5) is 10.8 Å². The zero-order valence-corrected chi connectivity index (χ0v) is 24.0. The van der Waals surface area contributed by atoms with Gasteiger partial charge in [-0.3, -0.25) is 14.5 Å². The van der Waals surface area contributed by atoms with E-state index in [9.17, 15) is 29.4 Å². The molecule has 3 aliphatic heterocycles. The Bertz CT molecular complexity index is 1490. The Morgan fingerprint density at radius 2 is 2.05 bits per heavy atom. The van der Waals surface area contributed by atoms with Gasteiger partial charge in [0.2, 0.25) is 17.1 Å². The van der Waals surface area contributed by atoms with E-state index in [1.54, 1.807) is 4.57 Å². The second kappa shape index (κ2) is 11.5. The van der Waals surface area contributed by atoms with E-state index in [2.05, 4.69) is 30.5 Å². The first-order chi connectivity index (χ1) is 19.9. The number of nitrogens with two attached hydrogens (primary N) is 1. The number of anilines is 2. The molecule has 5 heterocycles. The third kappa shape index (κ3) is 5.86. The maximum Gasteiger partial charge on any atom is 0.350 e. The molecule has 18 heteroatoms. The lowest BCUT2D eigenvalue weighted by molar-refractivity contribution is -0.689. The van der Waals surface area contributed by atoms with Crippen molar-refractivity contribution in [3.05, 3.63) is 41.6 Å². The second-order valence-electron chi connectivity index (χ2n) is 10.2. The molecule has 3 aliphatic rings. The highest BCUT2D eigenvalue weighted by Crippen LogP contribution is 2.40. The van der Waals surface area contributed by atoms with Crippen molar-refractivity contribution in [1.29, 1.82) is 0 Å². The molecule has 0 spiro atoms. The molecule has 0 saturated carbocycles. The Morgan fingerprint density at radius 1 is 1.33 bits per heavy atom. The third-order valence-corrected chi connectivity index (χ3v) is 8.58. The maximum atomic E-state index is 13.2. The molecule has 0 bridgehead atoms. The number of hydrogen-bond acceptors (Lipinski definition) is 14. The quantitative estimate of drug-likeness (QED) is 0.0760. The fourth-order valence-electron chi connectivity index (χ4n) is 4.22. The van der Waals surface area contributed by atoms with Gasteiger partial charge < -0.3 is 41.5 Å². The number of thioether (sulfide) groups is 1. The summed E-state index contributed by atoms with van der Waals surface area (Å²) in [5.41, 5.74) is 4.53. The van der Waals surface area contributed by atoms with Crippen molar-refractivity contribution >= 4 is 63.6 Å². The van der Waals surface area contributed by atoms with Gasteiger partial charge in [-0.05, 0) is 13.8 Å². The van der Waals surface area contributed by atoms with Crippen molar-refractivity contribution in [3.63, 3.8) is 0 Å². The van der Waals surface area contributed by atoms with E-state index in [0.717, 1.165) is 35.2 Å². The lowest BCUT2D eigenvalue weighted by Gasteiger charge is -2.50. The number of carbonyl (C=O) groups excluding carboxylic acids is 3. The number of β-lactam (4-membered cyclic amide) rings is 1. The molecular formula is C24H27N9O7S2. The normalized spacial score (nSPS) is 20.8. The number of carboxylic acid groups (broad SMARTS) is 2. The minimum atomic E-state index is -1.79. The molecule has 0 aromatic carbocycles. The molecule has 2 unspecified atom stereocenters. The summed E-state index contributed by atoms with van der Waals surface area (Å²) < 4.78 is 5.74. The van der Waals surface area contributed by atoms with E-state index in [1.165, 1.54) is 25.6 Å². The Morgan fingerprint density at radius 3 is 2.62 bits per heavy atom. The Kier molecular flexibility index (Phi) is 8.02. The standard InChI is InChI=1S/C24H27N9O7S2/c1-24(2,22(38)39)40-30-14(17-29-23(25)42-31-17)18(34)28-15-19(35)33-16(21(36)37)11(10-41-20(15)33)9-32-5-3-12(4-6-32)27-13-7-26-8-13/h3-6,13,15,20,26H,7-10H2,1-2H3,(H5,25,28,29,31,34,36,37,38,39)/b30-14-. The van der Waals surface area contributed by atoms with Crippen LogP contribution in [-0.2, 0) is 30.6 Å². The van der Waals surface area contributed by atoms with E-state index in [1.807, 2.05) is 24.5 Å². The van der Waals surface area contributed by atoms with Gasteiger partial charge in [0.15, 0.2) is 24.1 Å². The van der Waals surface area contributed by atoms with Gasteiger partial charge in [0.25, 0.3) is 11.8 Å². The molecule has 42 heavy (non-hydrogen) atoms. The monoisotopic (exact) mass is 617 g/mol. The Balaban J connectivity index is 1.30. The third-order valence-electron chi connectivity index (χ3n) is 6.69. The summed E-state index contributed by atoms with van der Waals surface area (Å²) in [6, 6.07) is 3.04. The number of oxime groups is 1. The van der Waals surface area contributed by atoms with Crippen molar-refractivity contribution in [2.24, 2.45) is 5.16 Å². The number of nitrogen functional groups attached to an aromatic ring is 1. The van der Waals surface area contributed by atoms with Gasteiger partial charge in [-0.15, -0.1) is 11.8 Å². The highest BCUT2D eigenvalue weighted by Gasteiger charge is 2.53. The van der Waals surface area contributed by atoms with Crippen LogP contribution in [0.1, 0.15) is 19.7 Å². The predicted molar refractivity (Wildman–Crippen MR) is 148 cm³/mol. The van der Waals surface area contributed by atoms with Crippen LogP contribution in [0.25, 0.3) is 0 Å². The highest BCUT2D eigenvalue weighted by molar-refractivity contribution is 8.00. The van der Waals surface area contributed by atoms with Gasteiger partial charge >= 0.3 is 5.97 Å². The topological polar surface area (TPSA) is 228 Å². The predicted octanol–water partition coefficient (Wildman–Crippen LogP) is -2.52. The highest BCUT2D eigenvalue weighted by atomic mass is 32.2. The minimum absolute atomic E-state index is 0.0208. The number of nitrogens with zero attached hydrogens (tertiary/aromatic N) is 5. The number of aromatic nitrogens is 3. The summed E-state index contributed by atoms with van der Waals surface area (Å²) in [5, 5.41) is 33.5. The Labute approximate surface area is 247 Å². The van der Waals surface area contributed by atoms with E-state index < -0.39 is 46.5 Å². The first-order valence-corrected chi connectivity index (χ1v) is 14.5. The minimum Gasteiger partial charge on any atom is -0.543 e. The van der Waals surface area contributed by atoms with Gasteiger partial charge in [-0.2, -0.15) is 9.36 Å². The van der Waals surface area contributed by atoms with Crippen LogP contribution in [0.3, 0.4) is 0 Å². The zero-order valence-electron chi connectivity index (χ0n) is 22.4. The average molecular weight is 618 g/mol. The molecule has 6 N–H and O–H groups in total. The van der Waals surface area contributed by atoms with E-state index >= 15 is 0 Å². The van der Waals surface area contributed by atoms with Crippen LogP contribution in [0.5, 0.6) is 0 Å². The van der Waals surface area contributed by atoms with E-state index in [4.69, 9.17) is 10.6 Å². The lowest BCUT2D eigenvalue weighted by atomic mass is 10.0. The average Bonchev–Trinajstić information content (AvgIpc) is 3.35. The number of carboxylic acids is 2. The molecule has 2 aromatic heterocycles. The molecule has 2 aromatic rings. The smallest absolute Gasteiger partial charge is 0.350 e. The molecule has 2 saturated heterocycles. The van der Waals surface area contributed by atoms with Crippen LogP contribution >= 0.6 is 23.3 Å². The van der Waals surface area contributed by atoms with E-state index in [0.29, 0.717) is 11.6 Å². The molecule has 222 valence electrons. The number of amides is 2. The number of carbonyl (C=O) groups is 4. The summed E-state index contributed by atoms with van der Waals surface area (Å²) in [7, 11) is 0. The van der Waals surface area contributed by atoms with Crippen molar-refractivity contribution < 1.29 is 38.8 Å². The molecule has 16 nitrogen and oxygen atoms in total. The van der Waals surface area contributed by atoms with Gasteiger partial charge in [-0.1, -0.05) is 5.16 Å². The number of fused-ring (bicyclic) bond motifs is 1. The zero-order chi connectivity index (χ0) is 30.2. The molecule has 5 rings (SSSR count). The number of hydrogen-bond donors (Lipinski definition) is 5. The van der Waals surface area contributed by atoms with Crippen LogP contribution in [0, 0.1) is 0 Å². The summed E-state index contributed by atoms with van der Waals surface area (Å²) in [6.07, 6.45) is 3.64. The van der Waals surface area contributed by atoms with Crippen LogP contribution in [0.2, 0.25) is 0 Å². The Hall–Kier alpha value is -4.29. The summed E-state index contributed by atoms with van der Waals surface area (Å²) >= 11 is 2.06. The van der Waals surface area contributed by atoms with Crippen LogP contribution < -0.4 is 31.4 Å². The van der Waals surface area contributed by atoms with Gasteiger partial charge in [0, 0.05) is 53.8 Å². The SMILES string of the molecule is CC(C)(O/N=C(\C(=O)NC1C(=O)N2C(C(=O)[O-])=C(C[n+]3ccc(NC4CNC4)cc3)CSC12)c1nsc(N)n1)C(=O)O. The first kappa shape index (κ1) is 29.2. The molecule has 2 atom stereocenters.